The molecule has 0 bridgehead atoms. The Morgan fingerprint density at radius 3 is 2.24 bits per heavy atom. The summed E-state index contributed by atoms with van der Waals surface area (Å²) < 4.78 is 5.02. The molecule has 4 nitrogen and oxygen atoms in total. The predicted octanol–water partition coefficient (Wildman–Crippen LogP) is 3.54. The van der Waals surface area contributed by atoms with Crippen molar-refractivity contribution in [2.24, 2.45) is 0 Å². The number of hydrogen-bond acceptors (Lipinski definition) is 3. The van der Waals surface area contributed by atoms with Gasteiger partial charge in [-0.1, -0.05) is 35.9 Å². The first-order chi connectivity index (χ1) is 10.0. The van der Waals surface area contributed by atoms with Crippen LogP contribution in [0.1, 0.15) is 33.2 Å². The summed E-state index contributed by atoms with van der Waals surface area (Å²) in [5.74, 6) is -1.59. The highest BCUT2D eigenvalue weighted by molar-refractivity contribution is 6.05. The zero-order chi connectivity index (χ0) is 15.4. The molecular formula is C17H16O4. The first-order valence-corrected chi connectivity index (χ1v) is 6.65. The van der Waals surface area contributed by atoms with Crippen molar-refractivity contribution in [3.8, 4) is 11.1 Å². The molecule has 0 spiro atoms. The number of aromatic carboxylic acids is 1. The molecule has 0 atom stereocenters. The number of carboxylic acid groups (broad SMARTS) is 1. The van der Waals surface area contributed by atoms with Crippen LogP contribution in [0.25, 0.3) is 11.1 Å². The normalized spacial score (nSPS) is 10.2. The number of hydrogen-bond donors (Lipinski definition) is 1. The van der Waals surface area contributed by atoms with E-state index in [1.165, 1.54) is 6.07 Å². The van der Waals surface area contributed by atoms with Crippen LogP contribution in [0.3, 0.4) is 0 Å². The molecule has 0 amide bonds. The Bertz CT molecular complexity index is 672. The highest BCUT2D eigenvalue weighted by Gasteiger charge is 2.20. The average molecular weight is 284 g/mol. The van der Waals surface area contributed by atoms with E-state index < -0.39 is 11.9 Å². The fourth-order valence-electron chi connectivity index (χ4n) is 2.14. The van der Waals surface area contributed by atoms with Crippen LogP contribution in [-0.2, 0) is 4.74 Å². The Labute approximate surface area is 123 Å². The third-order valence-corrected chi connectivity index (χ3v) is 3.13. The van der Waals surface area contributed by atoms with Crippen molar-refractivity contribution >= 4 is 11.9 Å². The van der Waals surface area contributed by atoms with Crippen LogP contribution in [-0.4, -0.2) is 23.7 Å². The van der Waals surface area contributed by atoms with Crippen molar-refractivity contribution in [1.29, 1.82) is 0 Å². The standard InChI is InChI=1S/C17H16O4/c1-3-21-17(20)14-6-4-5-13(16(18)19)15(14)12-9-7-11(2)8-10-12/h4-10H,3H2,1-2H3,(H,18,19). The molecule has 0 saturated heterocycles. The van der Waals surface area contributed by atoms with Crippen molar-refractivity contribution in [2.45, 2.75) is 13.8 Å². The summed E-state index contributed by atoms with van der Waals surface area (Å²) in [6.07, 6.45) is 0. The van der Waals surface area contributed by atoms with E-state index in [-0.39, 0.29) is 17.7 Å². The number of aryl methyl sites for hydroxylation is 1. The fraction of sp³-hybridized carbons (Fsp3) is 0.176. The number of esters is 1. The minimum atomic E-state index is -1.07. The van der Waals surface area contributed by atoms with Crippen LogP contribution in [0, 0.1) is 6.92 Å². The van der Waals surface area contributed by atoms with Gasteiger partial charge in [-0.25, -0.2) is 9.59 Å². The van der Waals surface area contributed by atoms with Gasteiger partial charge >= 0.3 is 11.9 Å². The van der Waals surface area contributed by atoms with E-state index in [2.05, 4.69) is 0 Å². The third-order valence-electron chi connectivity index (χ3n) is 3.13. The Morgan fingerprint density at radius 2 is 1.67 bits per heavy atom. The van der Waals surface area contributed by atoms with Crippen LogP contribution in [0.4, 0.5) is 0 Å². The topological polar surface area (TPSA) is 63.6 Å². The lowest BCUT2D eigenvalue weighted by molar-refractivity contribution is 0.0527. The predicted molar refractivity (Wildman–Crippen MR) is 79.5 cm³/mol. The highest BCUT2D eigenvalue weighted by atomic mass is 16.5. The first kappa shape index (κ1) is 14.8. The van der Waals surface area contributed by atoms with E-state index in [0.29, 0.717) is 11.1 Å². The Hall–Kier alpha value is -2.62. The number of carbonyl (C=O) groups is 2. The fourth-order valence-corrected chi connectivity index (χ4v) is 2.14. The van der Waals surface area contributed by atoms with Crippen molar-refractivity contribution in [3.63, 3.8) is 0 Å². The minimum Gasteiger partial charge on any atom is -0.478 e. The van der Waals surface area contributed by atoms with E-state index in [1.54, 1.807) is 31.2 Å². The Balaban J connectivity index is 2.67. The second-order valence-corrected chi connectivity index (χ2v) is 4.62. The van der Waals surface area contributed by atoms with Gasteiger partial charge in [0.2, 0.25) is 0 Å². The molecule has 0 unspecified atom stereocenters. The van der Waals surface area contributed by atoms with Crippen molar-refractivity contribution < 1.29 is 19.4 Å². The molecule has 4 heteroatoms. The molecule has 2 aromatic rings. The maximum atomic E-state index is 12.1. The van der Waals surface area contributed by atoms with Gasteiger partial charge in [-0.15, -0.1) is 0 Å². The molecule has 0 radical (unpaired) electrons. The quantitative estimate of drug-likeness (QED) is 0.872. The summed E-state index contributed by atoms with van der Waals surface area (Å²) in [6.45, 7) is 3.90. The maximum Gasteiger partial charge on any atom is 0.338 e. The summed E-state index contributed by atoms with van der Waals surface area (Å²) in [4.78, 5) is 23.5. The SMILES string of the molecule is CCOC(=O)c1cccc(C(=O)O)c1-c1ccc(C)cc1. The molecule has 2 rings (SSSR count). The van der Waals surface area contributed by atoms with E-state index >= 15 is 0 Å². The molecule has 108 valence electrons. The molecule has 2 aromatic carbocycles. The Kier molecular flexibility index (Phi) is 4.38. The summed E-state index contributed by atoms with van der Waals surface area (Å²) in [7, 11) is 0. The zero-order valence-electron chi connectivity index (χ0n) is 11.9. The average Bonchev–Trinajstić information content (AvgIpc) is 2.47. The number of carbonyl (C=O) groups excluding carboxylic acids is 1. The highest BCUT2D eigenvalue weighted by Crippen LogP contribution is 2.29. The largest absolute Gasteiger partial charge is 0.478 e. The van der Waals surface area contributed by atoms with E-state index in [0.717, 1.165) is 5.56 Å². The van der Waals surface area contributed by atoms with Crippen LogP contribution in [0.15, 0.2) is 42.5 Å². The van der Waals surface area contributed by atoms with Crippen molar-refractivity contribution in [1.82, 2.24) is 0 Å². The second-order valence-electron chi connectivity index (χ2n) is 4.62. The van der Waals surface area contributed by atoms with Crippen LogP contribution < -0.4 is 0 Å². The molecule has 0 fully saturated rings. The lowest BCUT2D eigenvalue weighted by Crippen LogP contribution is -2.10. The molecule has 0 aliphatic heterocycles. The van der Waals surface area contributed by atoms with E-state index in [9.17, 15) is 14.7 Å². The molecule has 0 aliphatic rings. The molecular weight excluding hydrogens is 268 g/mol. The monoisotopic (exact) mass is 284 g/mol. The van der Waals surface area contributed by atoms with Gasteiger partial charge in [0.05, 0.1) is 17.7 Å². The van der Waals surface area contributed by atoms with Crippen molar-refractivity contribution in [2.75, 3.05) is 6.61 Å². The van der Waals surface area contributed by atoms with Gasteiger partial charge < -0.3 is 9.84 Å². The lowest BCUT2D eigenvalue weighted by Gasteiger charge is -2.12. The molecule has 0 saturated carbocycles. The Morgan fingerprint density at radius 1 is 1.05 bits per heavy atom. The van der Waals surface area contributed by atoms with Gasteiger partial charge in [0.25, 0.3) is 0 Å². The van der Waals surface area contributed by atoms with Crippen LogP contribution in [0.5, 0.6) is 0 Å². The summed E-state index contributed by atoms with van der Waals surface area (Å²) in [6, 6.07) is 12.0. The second kappa shape index (κ2) is 6.22. The minimum absolute atomic E-state index is 0.0874. The van der Waals surface area contributed by atoms with Gasteiger partial charge in [0.1, 0.15) is 0 Å². The van der Waals surface area contributed by atoms with Gasteiger partial charge in [-0.3, -0.25) is 0 Å². The van der Waals surface area contributed by atoms with Crippen LogP contribution >= 0.6 is 0 Å². The number of carboxylic acids is 1. The summed E-state index contributed by atoms with van der Waals surface area (Å²) >= 11 is 0. The smallest absolute Gasteiger partial charge is 0.338 e. The lowest BCUT2D eigenvalue weighted by atomic mass is 9.93. The molecule has 1 N–H and O–H groups in total. The van der Waals surface area contributed by atoms with Crippen molar-refractivity contribution in [3.05, 3.63) is 59.2 Å². The molecule has 0 aliphatic carbocycles. The number of benzene rings is 2. The van der Waals surface area contributed by atoms with Gasteiger partial charge in [0.15, 0.2) is 0 Å². The summed E-state index contributed by atoms with van der Waals surface area (Å²) in [5, 5.41) is 9.37. The third kappa shape index (κ3) is 3.11. The van der Waals surface area contributed by atoms with Gasteiger partial charge in [0, 0.05) is 5.56 Å². The summed E-state index contributed by atoms with van der Waals surface area (Å²) in [5.41, 5.74) is 2.49. The first-order valence-electron chi connectivity index (χ1n) is 6.65. The zero-order valence-corrected chi connectivity index (χ0v) is 11.9. The number of rotatable bonds is 4. The van der Waals surface area contributed by atoms with E-state index in [4.69, 9.17) is 4.74 Å². The molecule has 0 aromatic heterocycles. The number of ether oxygens (including phenoxy) is 1. The maximum absolute atomic E-state index is 12.1. The van der Waals surface area contributed by atoms with Crippen LogP contribution in [0.2, 0.25) is 0 Å². The van der Waals surface area contributed by atoms with Gasteiger partial charge in [-0.2, -0.15) is 0 Å². The molecule has 21 heavy (non-hydrogen) atoms. The van der Waals surface area contributed by atoms with Gasteiger partial charge in [-0.05, 0) is 31.5 Å². The molecule has 0 heterocycles. The van der Waals surface area contributed by atoms with E-state index in [1.807, 2.05) is 19.1 Å².